The van der Waals surface area contributed by atoms with Crippen LogP contribution < -0.4 is 0 Å². The number of pyridine rings is 1. The number of aromatic nitrogens is 3. The molecule has 2 aromatic heterocycles. The Hall–Kier alpha value is -3.65. The number of aromatic amines is 1. The quantitative estimate of drug-likeness (QED) is 0.305. The standard InChI is InChI=1S/C26H22F2N4OS/c1-15(2)25-24(16-8-10-18(27)11-9-16)19-12-17-14-29-31-22(17)13-20(19)26(30-25)32-34(3,33)23-7-5-4-6-21(23)28/h4-15H,1-3H3,(H,29,31). The summed E-state index contributed by atoms with van der Waals surface area (Å²) in [6.07, 6.45) is 3.13. The fourth-order valence-corrected chi connectivity index (χ4v) is 5.45. The highest BCUT2D eigenvalue weighted by Crippen LogP contribution is 2.41. The maximum absolute atomic E-state index is 14.5. The zero-order valence-electron chi connectivity index (χ0n) is 18.8. The summed E-state index contributed by atoms with van der Waals surface area (Å²) in [4.78, 5) is 4.86. The molecule has 0 bridgehead atoms. The zero-order valence-corrected chi connectivity index (χ0v) is 19.7. The molecule has 0 aliphatic carbocycles. The first-order chi connectivity index (χ1) is 16.2. The van der Waals surface area contributed by atoms with Gasteiger partial charge in [-0.1, -0.05) is 38.1 Å². The molecule has 0 amide bonds. The molecule has 0 aliphatic rings. The van der Waals surface area contributed by atoms with Gasteiger partial charge in [0.05, 0.1) is 32.0 Å². The number of nitrogens with zero attached hydrogens (tertiary/aromatic N) is 3. The molecule has 1 N–H and O–H groups in total. The molecule has 5 rings (SSSR count). The topological polar surface area (TPSA) is 71.0 Å². The highest BCUT2D eigenvalue weighted by Gasteiger charge is 2.21. The summed E-state index contributed by atoms with van der Waals surface area (Å²) >= 11 is 0. The van der Waals surface area contributed by atoms with E-state index in [2.05, 4.69) is 14.6 Å². The number of fused-ring (bicyclic) bond motifs is 2. The molecule has 8 heteroatoms. The number of hydrogen-bond acceptors (Lipinski definition) is 4. The predicted octanol–water partition coefficient (Wildman–Crippen LogP) is 6.97. The molecule has 0 radical (unpaired) electrons. The van der Waals surface area contributed by atoms with Crippen molar-refractivity contribution in [3.63, 3.8) is 0 Å². The van der Waals surface area contributed by atoms with Gasteiger partial charge in [0.25, 0.3) is 0 Å². The van der Waals surface area contributed by atoms with Gasteiger partial charge in [-0.25, -0.2) is 18.0 Å². The Kier molecular flexibility index (Phi) is 5.40. The van der Waals surface area contributed by atoms with Crippen molar-refractivity contribution in [1.29, 1.82) is 0 Å². The molecule has 0 aliphatic heterocycles. The summed E-state index contributed by atoms with van der Waals surface area (Å²) in [5, 5.41) is 9.42. The van der Waals surface area contributed by atoms with Gasteiger partial charge in [0.1, 0.15) is 11.6 Å². The average Bonchev–Trinajstić information content (AvgIpc) is 3.26. The van der Waals surface area contributed by atoms with Gasteiger partial charge in [0.2, 0.25) is 0 Å². The van der Waals surface area contributed by atoms with Gasteiger partial charge in [-0.05, 0) is 53.3 Å². The van der Waals surface area contributed by atoms with Crippen LogP contribution in [0.4, 0.5) is 14.6 Å². The van der Waals surface area contributed by atoms with Crippen molar-refractivity contribution in [2.24, 2.45) is 4.36 Å². The number of rotatable bonds is 4. The maximum atomic E-state index is 14.5. The third kappa shape index (κ3) is 3.84. The van der Waals surface area contributed by atoms with Crippen LogP contribution in [0, 0.1) is 11.6 Å². The second-order valence-electron chi connectivity index (χ2n) is 8.54. The van der Waals surface area contributed by atoms with E-state index in [0.29, 0.717) is 5.39 Å². The van der Waals surface area contributed by atoms with Crippen LogP contribution in [0.25, 0.3) is 32.8 Å². The molecule has 172 valence electrons. The fourth-order valence-electron chi connectivity index (χ4n) is 4.12. The van der Waals surface area contributed by atoms with Crippen molar-refractivity contribution in [1.82, 2.24) is 15.2 Å². The van der Waals surface area contributed by atoms with Crippen molar-refractivity contribution in [2.75, 3.05) is 6.26 Å². The Morgan fingerprint density at radius 2 is 1.74 bits per heavy atom. The van der Waals surface area contributed by atoms with Crippen LogP contribution in [-0.2, 0) is 9.73 Å². The van der Waals surface area contributed by atoms with E-state index < -0.39 is 15.5 Å². The van der Waals surface area contributed by atoms with Gasteiger partial charge in [-0.2, -0.15) is 9.46 Å². The van der Waals surface area contributed by atoms with Gasteiger partial charge >= 0.3 is 0 Å². The lowest BCUT2D eigenvalue weighted by Crippen LogP contribution is -2.03. The summed E-state index contributed by atoms with van der Waals surface area (Å²) < 4.78 is 46.3. The molecule has 1 unspecified atom stereocenters. The molecule has 2 heterocycles. The van der Waals surface area contributed by atoms with E-state index in [1.165, 1.54) is 30.5 Å². The summed E-state index contributed by atoms with van der Waals surface area (Å²) in [6, 6.07) is 16.0. The highest BCUT2D eigenvalue weighted by atomic mass is 32.2. The van der Waals surface area contributed by atoms with Crippen molar-refractivity contribution in [2.45, 2.75) is 24.7 Å². The Bertz CT molecular complexity index is 1670. The smallest absolute Gasteiger partial charge is 0.170 e. The Morgan fingerprint density at radius 1 is 1.00 bits per heavy atom. The van der Waals surface area contributed by atoms with Crippen LogP contribution in [0.5, 0.6) is 0 Å². The van der Waals surface area contributed by atoms with E-state index in [-0.39, 0.29) is 22.4 Å². The molecule has 5 aromatic rings. The molecule has 0 saturated carbocycles. The average molecular weight is 477 g/mol. The molecule has 3 aromatic carbocycles. The highest BCUT2D eigenvalue weighted by molar-refractivity contribution is 7.93. The van der Waals surface area contributed by atoms with Crippen LogP contribution in [-0.4, -0.2) is 25.6 Å². The summed E-state index contributed by atoms with van der Waals surface area (Å²) in [6.45, 7) is 4.00. The van der Waals surface area contributed by atoms with E-state index in [0.717, 1.165) is 33.1 Å². The van der Waals surface area contributed by atoms with Crippen LogP contribution in [0.2, 0.25) is 0 Å². The predicted molar refractivity (Wildman–Crippen MR) is 132 cm³/mol. The Balaban J connectivity index is 1.90. The molecular formula is C26H22F2N4OS. The molecule has 34 heavy (non-hydrogen) atoms. The van der Waals surface area contributed by atoms with Crippen molar-refractivity contribution in [3.8, 4) is 11.1 Å². The largest absolute Gasteiger partial charge is 0.278 e. The van der Waals surface area contributed by atoms with Gasteiger partial charge in [-0.15, -0.1) is 0 Å². The Morgan fingerprint density at radius 3 is 2.44 bits per heavy atom. The lowest BCUT2D eigenvalue weighted by Gasteiger charge is -2.18. The minimum absolute atomic E-state index is 0.0141. The van der Waals surface area contributed by atoms with Crippen molar-refractivity contribution >= 4 is 37.2 Å². The van der Waals surface area contributed by atoms with E-state index in [4.69, 9.17) is 4.98 Å². The first kappa shape index (κ1) is 22.2. The zero-order chi connectivity index (χ0) is 24.0. The second-order valence-corrected chi connectivity index (χ2v) is 10.8. The molecule has 0 saturated heterocycles. The fraction of sp³-hybridized carbons (Fsp3) is 0.154. The monoisotopic (exact) mass is 476 g/mol. The minimum Gasteiger partial charge on any atom is -0.278 e. The van der Waals surface area contributed by atoms with Gasteiger partial charge in [0.15, 0.2) is 5.82 Å². The molecule has 0 spiro atoms. The molecule has 0 fully saturated rings. The van der Waals surface area contributed by atoms with Crippen molar-refractivity contribution < 1.29 is 13.0 Å². The lowest BCUT2D eigenvalue weighted by molar-refractivity contribution is 0.594. The molecule has 1 atom stereocenters. The molecular weight excluding hydrogens is 454 g/mol. The maximum Gasteiger partial charge on any atom is 0.170 e. The van der Waals surface area contributed by atoms with Gasteiger partial charge < -0.3 is 0 Å². The van der Waals surface area contributed by atoms with Crippen molar-refractivity contribution in [3.05, 3.63) is 84.2 Å². The SMILES string of the molecule is CC(C)c1nc(N=S(C)(=O)c2ccccc2F)c2cc3[nH]ncc3cc2c1-c1ccc(F)cc1. The number of benzene rings is 3. The van der Waals surface area contributed by atoms with Gasteiger partial charge in [-0.3, -0.25) is 5.10 Å². The van der Waals surface area contributed by atoms with E-state index >= 15 is 0 Å². The first-order valence-electron chi connectivity index (χ1n) is 10.8. The number of nitrogens with one attached hydrogen (secondary N) is 1. The summed E-state index contributed by atoms with van der Waals surface area (Å²) in [7, 11) is -3.14. The van der Waals surface area contributed by atoms with Crippen LogP contribution >= 0.6 is 0 Å². The number of H-pyrrole nitrogens is 1. The number of halogens is 2. The lowest BCUT2D eigenvalue weighted by atomic mass is 9.92. The van der Waals surface area contributed by atoms with Crippen LogP contribution in [0.1, 0.15) is 25.5 Å². The van der Waals surface area contributed by atoms with E-state index in [1.54, 1.807) is 30.5 Å². The normalized spacial score (nSPS) is 13.5. The Labute approximate surface area is 196 Å². The van der Waals surface area contributed by atoms with E-state index in [1.807, 2.05) is 26.0 Å². The minimum atomic E-state index is -3.14. The first-order valence-corrected chi connectivity index (χ1v) is 12.7. The van der Waals surface area contributed by atoms with Crippen LogP contribution in [0.15, 0.2) is 76.1 Å². The van der Waals surface area contributed by atoms with E-state index in [9.17, 15) is 13.0 Å². The number of hydrogen-bond donors (Lipinski definition) is 1. The third-order valence-electron chi connectivity index (χ3n) is 5.76. The van der Waals surface area contributed by atoms with Gasteiger partial charge in [0, 0.05) is 22.6 Å². The third-order valence-corrected chi connectivity index (χ3v) is 7.42. The van der Waals surface area contributed by atoms with Crippen LogP contribution in [0.3, 0.4) is 0 Å². The summed E-state index contributed by atoms with van der Waals surface area (Å²) in [5.74, 6) is -0.658. The second kappa shape index (κ2) is 8.29. The summed E-state index contributed by atoms with van der Waals surface area (Å²) in [5.41, 5.74) is 3.15. The molecule has 5 nitrogen and oxygen atoms in total.